The minimum atomic E-state index is -4.71. The molecular weight excluding hydrogens is 509 g/mol. The molecule has 9 nitrogen and oxygen atoms in total. The lowest BCUT2D eigenvalue weighted by Gasteiger charge is -2.22. The number of hydrogen-bond donors (Lipinski definition) is 4. The number of nitrogens with zero attached hydrogens (tertiary/aromatic N) is 4. The highest BCUT2D eigenvalue weighted by Crippen LogP contribution is 2.36. The standard InChI is InChI=1S/C27H27F3N8O/c1-31-25(39)21-4-2-3-5-23(21)36-24-22(27(28,29)30)15-33-26(37-24)35-19-8-6-17(7-9-19)18-14-34-38(16-18)20-10-12-32-13-11-20/h2-9,14-16,20,32H,10-13H2,1H3,(H,31,39)(H2,33,35,36,37). The second-order valence-corrected chi connectivity index (χ2v) is 9.10. The van der Waals surface area contributed by atoms with Crippen LogP contribution in [0.5, 0.6) is 0 Å². The van der Waals surface area contributed by atoms with Gasteiger partial charge in [0, 0.05) is 30.7 Å². The van der Waals surface area contributed by atoms with E-state index in [-0.39, 0.29) is 17.2 Å². The van der Waals surface area contributed by atoms with Crippen molar-refractivity contribution in [3.63, 3.8) is 0 Å². The van der Waals surface area contributed by atoms with Crippen LogP contribution in [0.1, 0.15) is 34.8 Å². The summed E-state index contributed by atoms with van der Waals surface area (Å²) < 4.78 is 43.2. The number of rotatable bonds is 7. The van der Waals surface area contributed by atoms with Crippen molar-refractivity contribution in [1.29, 1.82) is 0 Å². The van der Waals surface area contributed by atoms with E-state index in [0.29, 0.717) is 17.9 Å². The summed E-state index contributed by atoms with van der Waals surface area (Å²) in [5.41, 5.74) is 1.85. The van der Waals surface area contributed by atoms with Crippen molar-refractivity contribution in [3.05, 3.63) is 78.2 Å². The van der Waals surface area contributed by atoms with Gasteiger partial charge in [-0.1, -0.05) is 24.3 Å². The molecule has 2 aromatic carbocycles. The largest absolute Gasteiger partial charge is 0.421 e. The zero-order valence-electron chi connectivity index (χ0n) is 21.1. The minimum absolute atomic E-state index is 0.0330. The van der Waals surface area contributed by atoms with E-state index in [9.17, 15) is 18.0 Å². The molecule has 0 spiro atoms. The molecule has 1 aliphatic heterocycles. The first-order chi connectivity index (χ1) is 18.8. The molecule has 1 amide bonds. The van der Waals surface area contributed by atoms with Gasteiger partial charge in [-0.15, -0.1) is 0 Å². The molecule has 3 heterocycles. The molecule has 12 heteroatoms. The van der Waals surface area contributed by atoms with Crippen molar-refractivity contribution < 1.29 is 18.0 Å². The van der Waals surface area contributed by atoms with E-state index in [1.165, 1.54) is 19.2 Å². The van der Waals surface area contributed by atoms with Crippen LogP contribution in [0.3, 0.4) is 0 Å². The fraction of sp³-hybridized carbons (Fsp3) is 0.259. The van der Waals surface area contributed by atoms with Gasteiger partial charge < -0.3 is 21.3 Å². The fourth-order valence-electron chi connectivity index (χ4n) is 4.43. The average Bonchev–Trinajstić information content (AvgIpc) is 3.44. The van der Waals surface area contributed by atoms with Gasteiger partial charge in [-0.2, -0.15) is 23.3 Å². The SMILES string of the molecule is CNC(=O)c1ccccc1Nc1nc(Nc2ccc(-c3cnn(C4CCNCC4)c3)cc2)ncc1C(F)(F)F. The van der Waals surface area contributed by atoms with Crippen LogP contribution in [0.2, 0.25) is 0 Å². The summed E-state index contributed by atoms with van der Waals surface area (Å²) in [5, 5.41) is 16.0. The summed E-state index contributed by atoms with van der Waals surface area (Å²) >= 11 is 0. The second kappa shape index (κ2) is 11.1. The van der Waals surface area contributed by atoms with Gasteiger partial charge in [0.1, 0.15) is 11.4 Å². The Morgan fingerprint density at radius 1 is 1.00 bits per heavy atom. The van der Waals surface area contributed by atoms with Crippen LogP contribution in [0.4, 0.5) is 36.3 Å². The Kier molecular flexibility index (Phi) is 7.46. The molecule has 5 rings (SSSR count). The number of piperidine rings is 1. The summed E-state index contributed by atoms with van der Waals surface area (Å²) in [7, 11) is 1.44. The highest BCUT2D eigenvalue weighted by Gasteiger charge is 2.35. The number of nitrogens with one attached hydrogen (secondary N) is 4. The number of alkyl halides is 3. The number of carbonyl (C=O) groups excluding carboxylic acids is 1. The van der Waals surface area contributed by atoms with E-state index < -0.39 is 23.5 Å². The van der Waals surface area contributed by atoms with Crippen LogP contribution in [0.25, 0.3) is 11.1 Å². The van der Waals surface area contributed by atoms with Gasteiger partial charge in [0.25, 0.3) is 5.91 Å². The first-order valence-electron chi connectivity index (χ1n) is 12.5. The number of hydrogen-bond acceptors (Lipinski definition) is 7. The third-order valence-corrected chi connectivity index (χ3v) is 6.50. The van der Waals surface area contributed by atoms with Crippen LogP contribution in [-0.2, 0) is 6.18 Å². The molecule has 1 fully saturated rings. The molecule has 39 heavy (non-hydrogen) atoms. The van der Waals surface area contributed by atoms with Crippen molar-refractivity contribution in [2.24, 2.45) is 0 Å². The lowest BCUT2D eigenvalue weighted by molar-refractivity contribution is -0.137. The predicted molar refractivity (Wildman–Crippen MR) is 142 cm³/mol. The number of benzene rings is 2. The van der Waals surface area contributed by atoms with Crippen LogP contribution in [0, 0.1) is 0 Å². The molecule has 0 radical (unpaired) electrons. The van der Waals surface area contributed by atoms with Gasteiger partial charge >= 0.3 is 6.18 Å². The summed E-state index contributed by atoms with van der Waals surface area (Å²) in [4.78, 5) is 20.2. The van der Waals surface area contributed by atoms with E-state index in [0.717, 1.165) is 37.1 Å². The van der Waals surface area contributed by atoms with Crippen molar-refractivity contribution >= 4 is 29.0 Å². The lowest BCUT2D eigenvalue weighted by Crippen LogP contribution is -2.29. The molecule has 0 aliphatic carbocycles. The molecule has 0 bridgehead atoms. The zero-order chi connectivity index (χ0) is 27.4. The van der Waals surface area contributed by atoms with E-state index >= 15 is 0 Å². The van der Waals surface area contributed by atoms with Gasteiger partial charge in [-0.05, 0) is 55.8 Å². The zero-order valence-corrected chi connectivity index (χ0v) is 21.1. The van der Waals surface area contributed by atoms with Crippen LogP contribution < -0.4 is 21.3 Å². The monoisotopic (exact) mass is 536 g/mol. The number of amides is 1. The average molecular weight is 537 g/mol. The smallest absolute Gasteiger partial charge is 0.355 e. The number of carbonyl (C=O) groups is 1. The number of halogens is 3. The molecule has 4 N–H and O–H groups in total. The van der Waals surface area contributed by atoms with Crippen molar-refractivity contribution in [1.82, 2.24) is 30.4 Å². The quantitative estimate of drug-likeness (QED) is 0.259. The molecule has 1 aliphatic rings. The van der Waals surface area contributed by atoms with Crippen molar-refractivity contribution in [3.8, 4) is 11.1 Å². The van der Waals surface area contributed by atoms with E-state index in [2.05, 4.69) is 36.3 Å². The van der Waals surface area contributed by atoms with Gasteiger partial charge in [0.05, 0.1) is 23.5 Å². The summed E-state index contributed by atoms with van der Waals surface area (Å²) in [5.74, 6) is -0.951. The molecular formula is C27H27F3N8O. The van der Waals surface area contributed by atoms with Crippen molar-refractivity contribution in [2.75, 3.05) is 30.8 Å². The first-order valence-corrected chi connectivity index (χ1v) is 12.5. The van der Waals surface area contributed by atoms with Gasteiger partial charge in [-0.3, -0.25) is 9.48 Å². The van der Waals surface area contributed by atoms with Gasteiger partial charge in [-0.25, -0.2) is 4.98 Å². The minimum Gasteiger partial charge on any atom is -0.355 e. The van der Waals surface area contributed by atoms with E-state index in [4.69, 9.17) is 0 Å². The lowest BCUT2D eigenvalue weighted by atomic mass is 10.1. The Bertz CT molecular complexity index is 1450. The van der Waals surface area contributed by atoms with Crippen molar-refractivity contribution in [2.45, 2.75) is 25.1 Å². The fourth-order valence-corrected chi connectivity index (χ4v) is 4.43. The maximum Gasteiger partial charge on any atom is 0.421 e. The highest BCUT2D eigenvalue weighted by molar-refractivity contribution is 6.00. The summed E-state index contributed by atoms with van der Waals surface area (Å²) in [6, 6.07) is 14.0. The molecule has 1 saturated heterocycles. The molecule has 4 aromatic rings. The third kappa shape index (κ3) is 6.01. The maximum absolute atomic E-state index is 13.7. The summed E-state index contributed by atoms with van der Waals surface area (Å²) in [6.07, 6.45) is 1.94. The molecule has 0 atom stereocenters. The molecule has 202 valence electrons. The number of anilines is 4. The topological polar surface area (TPSA) is 109 Å². The Morgan fingerprint density at radius 2 is 1.74 bits per heavy atom. The van der Waals surface area contributed by atoms with Gasteiger partial charge in [0.15, 0.2) is 0 Å². The number of para-hydroxylation sites is 1. The Balaban J connectivity index is 1.36. The Labute approximate surface area is 222 Å². The van der Waals surface area contributed by atoms with E-state index in [1.807, 2.05) is 29.2 Å². The Morgan fingerprint density at radius 3 is 2.46 bits per heavy atom. The van der Waals surface area contributed by atoms with Crippen LogP contribution >= 0.6 is 0 Å². The second-order valence-electron chi connectivity index (χ2n) is 9.10. The highest BCUT2D eigenvalue weighted by atomic mass is 19.4. The third-order valence-electron chi connectivity index (χ3n) is 6.50. The Hall–Kier alpha value is -4.45. The maximum atomic E-state index is 13.7. The molecule has 0 unspecified atom stereocenters. The van der Waals surface area contributed by atoms with Crippen LogP contribution in [-0.4, -0.2) is 45.8 Å². The molecule has 2 aromatic heterocycles. The summed E-state index contributed by atoms with van der Waals surface area (Å²) in [6.45, 7) is 1.95. The normalized spacial score (nSPS) is 14.2. The molecule has 0 saturated carbocycles. The van der Waals surface area contributed by atoms with E-state index in [1.54, 1.807) is 24.3 Å². The first kappa shape index (κ1) is 26.2. The predicted octanol–water partition coefficient (Wildman–Crippen LogP) is 5.13. The van der Waals surface area contributed by atoms with Gasteiger partial charge in [0.2, 0.25) is 5.95 Å². The van der Waals surface area contributed by atoms with Crippen LogP contribution in [0.15, 0.2) is 67.1 Å². The number of aromatic nitrogens is 4.